The summed E-state index contributed by atoms with van der Waals surface area (Å²) in [7, 11) is -1.33. The van der Waals surface area contributed by atoms with Crippen LogP contribution in [0.5, 0.6) is 0 Å². The second-order valence-electron chi connectivity index (χ2n) is 4.83. The maximum absolute atomic E-state index is 11.4. The third-order valence-corrected chi connectivity index (χ3v) is 4.49. The normalized spacial score (nSPS) is 24.8. The van der Waals surface area contributed by atoms with Crippen molar-refractivity contribution >= 4 is 10.0 Å². The van der Waals surface area contributed by atoms with E-state index in [2.05, 4.69) is 5.32 Å². The van der Waals surface area contributed by atoms with Gasteiger partial charge in [-0.15, -0.1) is 0 Å². The van der Waals surface area contributed by atoms with E-state index in [-0.39, 0.29) is 6.10 Å². The minimum Gasteiger partial charge on any atom is -0.380 e. The zero-order chi connectivity index (χ0) is 12.9. The molecule has 1 fully saturated rings. The Kier molecular flexibility index (Phi) is 5.85. The van der Waals surface area contributed by atoms with Gasteiger partial charge < -0.3 is 10.1 Å². The molecule has 0 aromatic heterocycles. The Balaban J connectivity index is 2.30. The summed E-state index contributed by atoms with van der Waals surface area (Å²) in [5, 5.41) is 3.33. The number of hydrogen-bond acceptors (Lipinski definition) is 4. The van der Waals surface area contributed by atoms with Gasteiger partial charge in [0.05, 0.1) is 12.4 Å². The molecular formula is C11H24N2O3S. The predicted octanol–water partition coefficient (Wildman–Crippen LogP) is 0.283. The topological polar surface area (TPSA) is 58.6 Å². The van der Waals surface area contributed by atoms with Crippen LogP contribution in [0.15, 0.2) is 0 Å². The Morgan fingerprint density at radius 1 is 1.53 bits per heavy atom. The van der Waals surface area contributed by atoms with Crippen LogP contribution in [0, 0.1) is 5.92 Å². The first-order valence-corrected chi connectivity index (χ1v) is 7.97. The second-order valence-corrected chi connectivity index (χ2v) is 6.82. The summed E-state index contributed by atoms with van der Waals surface area (Å²) in [6.07, 6.45) is 3.54. The predicted molar refractivity (Wildman–Crippen MR) is 68.5 cm³/mol. The smallest absolute Gasteiger partial charge is 0.211 e. The van der Waals surface area contributed by atoms with Crippen molar-refractivity contribution in [2.24, 2.45) is 5.92 Å². The molecule has 1 rings (SSSR count). The van der Waals surface area contributed by atoms with Crippen molar-refractivity contribution in [3.05, 3.63) is 0 Å². The van der Waals surface area contributed by atoms with Crippen molar-refractivity contribution in [3.8, 4) is 0 Å². The Morgan fingerprint density at radius 3 is 2.82 bits per heavy atom. The van der Waals surface area contributed by atoms with Crippen LogP contribution in [0.3, 0.4) is 0 Å². The highest BCUT2D eigenvalue weighted by Crippen LogP contribution is 2.17. The molecule has 1 N–H and O–H groups in total. The van der Waals surface area contributed by atoms with E-state index >= 15 is 0 Å². The summed E-state index contributed by atoms with van der Waals surface area (Å²) in [5.41, 5.74) is 0. The molecule has 0 aliphatic carbocycles. The molecule has 0 radical (unpaired) electrons. The molecule has 102 valence electrons. The molecule has 2 atom stereocenters. The summed E-state index contributed by atoms with van der Waals surface area (Å²) in [5.74, 6) is 0.419. The van der Waals surface area contributed by atoms with Gasteiger partial charge in [0.15, 0.2) is 0 Å². The molecule has 0 aromatic carbocycles. The fraction of sp³-hybridized carbons (Fsp3) is 1.00. The third-order valence-electron chi connectivity index (χ3n) is 3.22. The van der Waals surface area contributed by atoms with E-state index in [1.54, 1.807) is 11.4 Å². The molecule has 5 nitrogen and oxygen atoms in total. The van der Waals surface area contributed by atoms with Crippen LogP contribution in [-0.2, 0) is 14.8 Å². The van der Waals surface area contributed by atoms with Gasteiger partial charge in [-0.25, -0.2) is 12.7 Å². The Bertz CT molecular complexity index is 319. The maximum Gasteiger partial charge on any atom is 0.211 e. The third kappa shape index (κ3) is 5.33. The second kappa shape index (κ2) is 6.68. The van der Waals surface area contributed by atoms with Crippen molar-refractivity contribution < 1.29 is 13.2 Å². The van der Waals surface area contributed by atoms with E-state index in [4.69, 9.17) is 4.74 Å². The van der Waals surface area contributed by atoms with Gasteiger partial charge in [0, 0.05) is 26.7 Å². The van der Waals surface area contributed by atoms with Crippen LogP contribution in [-0.4, -0.2) is 58.4 Å². The van der Waals surface area contributed by atoms with Gasteiger partial charge in [0.25, 0.3) is 0 Å². The molecule has 0 bridgehead atoms. The summed E-state index contributed by atoms with van der Waals surface area (Å²) in [4.78, 5) is 0. The van der Waals surface area contributed by atoms with Gasteiger partial charge in [-0.1, -0.05) is 0 Å². The number of ether oxygens (including phenoxy) is 1. The lowest BCUT2D eigenvalue weighted by Gasteiger charge is -2.31. The van der Waals surface area contributed by atoms with E-state index in [9.17, 15) is 8.42 Å². The first-order valence-electron chi connectivity index (χ1n) is 6.12. The lowest BCUT2D eigenvalue weighted by molar-refractivity contribution is 0.115. The molecule has 1 saturated heterocycles. The highest BCUT2D eigenvalue weighted by atomic mass is 32.2. The van der Waals surface area contributed by atoms with Crippen LogP contribution in [0.25, 0.3) is 0 Å². The number of piperidine rings is 1. The van der Waals surface area contributed by atoms with E-state index in [1.807, 2.05) is 6.92 Å². The Morgan fingerprint density at radius 2 is 2.24 bits per heavy atom. The van der Waals surface area contributed by atoms with Crippen LogP contribution in [0.2, 0.25) is 0 Å². The number of hydrogen-bond donors (Lipinski definition) is 1. The highest BCUT2D eigenvalue weighted by molar-refractivity contribution is 7.88. The molecule has 0 spiro atoms. The Hall–Kier alpha value is -0.170. The number of rotatable bonds is 6. The fourth-order valence-corrected chi connectivity index (χ4v) is 3.01. The first-order chi connectivity index (χ1) is 7.93. The lowest BCUT2D eigenvalue weighted by Crippen LogP contribution is -2.43. The molecular weight excluding hydrogens is 240 g/mol. The quantitative estimate of drug-likeness (QED) is 0.749. The molecule has 0 saturated carbocycles. The minimum absolute atomic E-state index is 0.199. The van der Waals surface area contributed by atoms with Gasteiger partial charge in [-0.3, -0.25) is 0 Å². The number of sulfonamides is 1. The van der Waals surface area contributed by atoms with Crippen molar-refractivity contribution in [2.75, 3.05) is 39.5 Å². The maximum atomic E-state index is 11.4. The highest BCUT2D eigenvalue weighted by Gasteiger charge is 2.25. The van der Waals surface area contributed by atoms with Crippen molar-refractivity contribution in [1.29, 1.82) is 0 Å². The van der Waals surface area contributed by atoms with Crippen molar-refractivity contribution in [1.82, 2.24) is 9.62 Å². The zero-order valence-corrected chi connectivity index (χ0v) is 11.8. The summed E-state index contributed by atoms with van der Waals surface area (Å²) in [6.45, 7) is 5.00. The van der Waals surface area contributed by atoms with E-state index in [0.29, 0.717) is 19.0 Å². The first kappa shape index (κ1) is 14.9. The summed E-state index contributed by atoms with van der Waals surface area (Å²) >= 11 is 0. The molecule has 0 aromatic rings. The molecule has 6 heteroatoms. The van der Waals surface area contributed by atoms with Crippen molar-refractivity contribution in [3.63, 3.8) is 0 Å². The minimum atomic E-state index is -3.02. The molecule has 1 aliphatic rings. The monoisotopic (exact) mass is 264 g/mol. The van der Waals surface area contributed by atoms with Gasteiger partial charge in [0.2, 0.25) is 10.0 Å². The van der Waals surface area contributed by atoms with Gasteiger partial charge in [0.1, 0.15) is 0 Å². The molecule has 0 amide bonds. The van der Waals surface area contributed by atoms with Crippen LogP contribution in [0.1, 0.15) is 19.8 Å². The summed E-state index contributed by atoms with van der Waals surface area (Å²) < 4.78 is 29.6. The number of nitrogens with zero attached hydrogens (tertiary/aromatic N) is 1. The average molecular weight is 264 g/mol. The van der Waals surface area contributed by atoms with Gasteiger partial charge in [-0.2, -0.15) is 0 Å². The van der Waals surface area contributed by atoms with E-state index in [1.165, 1.54) is 6.26 Å². The largest absolute Gasteiger partial charge is 0.380 e. The number of nitrogens with one attached hydrogen (secondary N) is 1. The lowest BCUT2D eigenvalue weighted by atomic mass is 10.00. The Labute approximate surface area is 105 Å². The standard InChI is InChI=1S/C11H24N2O3S/c1-10(16-2)7-12-8-11-5-4-6-13(9-11)17(3,14)15/h10-12H,4-9H2,1-3H3. The summed E-state index contributed by atoms with van der Waals surface area (Å²) in [6, 6.07) is 0. The van der Waals surface area contributed by atoms with Gasteiger partial charge in [-0.05, 0) is 32.2 Å². The van der Waals surface area contributed by atoms with Crippen molar-refractivity contribution in [2.45, 2.75) is 25.9 Å². The van der Waals surface area contributed by atoms with Crippen LogP contribution in [0.4, 0.5) is 0 Å². The zero-order valence-electron chi connectivity index (χ0n) is 11.0. The van der Waals surface area contributed by atoms with E-state index in [0.717, 1.165) is 25.9 Å². The number of methoxy groups -OCH3 is 1. The molecule has 17 heavy (non-hydrogen) atoms. The SMILES string of the molecule is COC(C)CNCC1CCCN(S(C)(=O)=O)C1. The fourth-order valence-electron chi connectivity index (χ4n) is 2.07. The van der Waals surface area contributed by atoms with Crippen LogP contribution < -0.4 is 5.32 Å². The van der Waals surface area contributed by atoms with Crippen LogP contribution >= 0.6 is 0 Å². The molecule has 1 heterocycles. The molecule has 2 unspecified atom stereocenters. The molecule has 1 aliphatic heterocycles. The van der Waals surface area contributed by atoms with E-state index < -0.39 is 10.0 Å². The van der Waals surface area contributed by atoms with Gasteiger partial charge >= 0.3 is 0 Å². The average Bonchev–Trinajstić information content (AvgIpc) is 2.28.